The Hall–Kier alpha value is -3.22. The molecule has 2 aromatic rings. The monoisotopic (exact) mass is 425 g/mol. The van der Waals surface area contributed by atoms with Crippen LogP contribution in [0, 0.1) is 18.7 Å². The molecule has 7 heteroatoms. The molecule has 3 rings (SSSR count). The molecule has 2 atom stereocenters. The lowest BCUT2D eigenvalue weighted by Crippen LogP contribution is -2.40. The van der Waals surface area contributed by atoms with Crippen LogP contribution in [0.15, 0.2) is 43.1 Å². The van der Waals surface area contributed by atoms with Crippen LogP contribution in [-0.2, 0) is 9.59 Å². The first-order valence-electron chi connectivity index (χ1n) is 10.5. The molecule has 1 aliphatic rings. The number of amides is 2. The van der Waals surface area contributed by atoms with Crippen molar-refractivity contribution in [1.29, 1.82) is 0 Å². The predicted octanol–water partition coefficient (Wildman–Crippen LogP) is 4.39. The first-order valence-corrected chi connectivity index (χ1v) is 10.5. The van der Waals surface area contributed by atoms with Crippen molar-refractivity contribution in [1.82, 2.24) is 10.3 Å². The molecular weight excluding hydrogens is 397 g/mol. The summed E-state index contributed by atoms with van der Waals surface area (Å²) in [6.45, 7) is 7.27. The zero-order chi connectivity index (χ0) is 22.4. The van der Waals surface area contributed by atoms with Crippen LogP contribution in [0.1, 0.15) is 38.2 Å². The van der Waals surface area contributed by atoms with Crippen LogP contribution in [0.5, 0.6) is 5.75 Å². The van der Waals surface area contributed by atoms with Gasteiger partial charge in [0.05, 0.1) is 0 Å². The Labute approximate surface area is 181 Å². The van der Waals surface area contributed by atoms with Crippen LogP contribution in [0.2, 0.25) is 0 Å². The summed E-state index contributed by atoms with van der Waals surface area (Å²) in [5.74, 6) is 0.0518. The van der Waals surface area contributed by atoms with E-state index in [0.29, 0.717) is 23.6 Å². The second-order valence-corrected chi connectivity index (χ2v) is 7.87. The van der Waals surface area contributed by atoms with E-state index in [4.69, 9.17) is 4.74 Å². The van der Waals surface area contributed by atoms with Crippen molar-refractivity contribution in [3.63, 3.8) is 0 Å². The lowest BCUT2D eigenvalue weighted by atomic mass is 9.85. The van der Waals surface area contributed by atoms with Gasteiger partial charge in [-0.2, -0.15) is 0 Å². The molecule has 1 aliphatic carbocycles. The number of aryl methyl sites for hydroxylation is 1. The standard InChI is InChI=1S/C24H28FN3O3/c1-4-10-31-22-12-18(25)8-9-20(22)21-13-23(26-14-15(21)2)28-24(30)17-6-5-7-19(11-17)27-16(3)29/h4,8-9,12-14,17,19H,1,5-7,10-11H2,2-3H3,(H,27,29)(H,26,28,30)/t17-,19+/m0/s1. The van der Waals surface area contributed by atoms with E-state index in [2.05, 4.69) is 22.2 Å². The van der Waals surface area contributed by atoms with Crippen molar-refractivity contribution in [2.45, 2.75) is 45.6 Å². The number of hydrogen-bond acceptors (Lipinski definition) is 4. The van der Waals surface area contributed by atoms with E-state index < -0.39 is 5.82 Å². The molecule has 2 amide bonds. The Morgan fingerprint density at radius 1 is 1.29 bits per heavy atom. The Morgan fingerprint density at radius 2 is 2.10 bits per heavy atom. The molecule has 0 unspecified atom stereocenters. The number of halogens is 1. The lowest BCUT2D eigenvalue weighted by molar-refractivity contribution is -0.123. The Bertz CT molecular complexity index is 977. The summed E-state index contributed by atoms with van der Waals surface area (Å²) in [7, 11) is 0. The first kappa shape index (κ1) is 22.5. The van der Waals surface area contributed by atoms with Gasteiger partial charge in [-0.05, 0) is 55.5 Å². The van der Waals surface area contributed by atoms with Gasteiger partial charge in [-0.25, -0.2) is 9.37 Å². The van der Waals surface area contributed by atoms with Gasteiger partial charge in [-0.3, -0.25) is 9.59 Å². The van der Waals surface area contributed by atoms with Gasteiger partial charge in [0.1, 0.15) is 24.0 Å². The molecule has 1 aromatic carbocycles. The normalized spacial score (nSPS) is 18.2. The van der Waals surface area contributed by atoms with Gasteiger partial charge in [0.15, 0.2) is 0 Å². The van der Waals surface area contributed by atoms with Crippen molar-refractivity contribution >= 4 is 17.6 Å². The van der Waals surface area contributed by atoms with Gasteiger partial charge in [-0.15, -0.1) is 0 Å². The lowest BCUT2D eigenvalue weighted by Gasteiger charge is -2.28. The van der Waals surface area contributed by atoms with Crippen molar-refractivity contribution in [3.05, 3.63) is 54.5 Å². The third-order valence-corrected chi connectivity index (χ3v) is 5.40. The Kier molecular flexibility index (Phi) is 7.39. The fourth-order valence-electron chi connectivity index (χ4n) is 3.94. The average molecular weight is 426 g/mol. The van der Waals surface area contributed by atoms with Crippen LogP contribution in [0.25, 0.3) is 11.1 Å². The number of ether oxygens (including phenoxy) is 1. The minimum atomic E-state index is -0.394. The number of hydrogen-bond donors (Lipinski definition) is 2. The number of carbonyl (C=O) groups is 2. The number of rotatable bonds is 7. The van der Waals surface area contributed by atoms with Gasteiger partial charge < -0.3 is 15.4 Å². The van der Waals surface area contributed by atoms with E-state index in [1.165, 1.54) is 19.1 Å². The summed E-state index contributed by atoms with van der Waals surface area (Å²) in [6.07, 6.45) is 6.42. The largest absolute Gasteiger partial charge is 0.489 e. The molecule has 0 bridgehead atoms. The highest BCUT2D eigenvalue weighted by Crippen LogP contribution is 2.34. The van der Waals surface area contributed by atoms with Gasteiger partial charge in [0.25, 0.3) is 0 Å². The third-order valence-electron chi connectivity index (χ3n) is 5.40. The Balaban J connectivity index is 1.79. The molecule has 1 aromatic heterocycles. The number of pyridine rings is 1. The maximum atomic E-state index is 13.8. The van der Waals surface area contributed by atoms with Crippen molar-refractivity contribution < 1.29 is 18.7 Å². The van der Waals surface area contributed by atoms with Crippen molar-refractivity contribution in [2.24, 2.45) is 5.92 Å². The molecule has 0 radical (unpaired) electrons. The second-order valence-electron chi connectivity index (χ2n) is 7.87. The summed E-state index contributed by atoms with van der Waals surface area (Å²) in [4.78, 5) is 28.5. The highest BCUT2D eigenvalue weighted by Gasteiger charge is 2.28. The highest BCUT2D eigenvalue weighted by molar-refractivity contribution is 5.92. The van der Waals surface area contributed by atoms with E-state index in [1.807, 2.05) is 6.92 Å². The number of nitrogens with one attached hydrogen (secondary N) is 2. The first-order chi connectivity index (χ1) is 14.9. The minimum absolute atomic E-state index is 0.0207. The van der Waals surface area contributed by atoms with E-state index in [9.17, 15) is 14.0 Å². The molecule has 0 aliphatic heterocycles. The number of nitrogens with zero attached hydrogens (tertiary/aromatic N) is 1. The summed E-state index contributed by atoms with van der Waals surface area (Å²) < 4.78 is 19.4. The van der Waals surface area contributed by atoms with Crippen LogP contribution in [0.3, 0.4) is 0 Å². The molecule has 1 saturated carbocycles. The summed E-state index contributed by atoms with van der Waals surface area (Å²) in [6, 6.07) is 6.16. The number of benzene rings is 1. The van der Waals surface area contributed by atoms with Gasteiger partial charge in [0, 0.05) is 36.7 Å². The van der Waals surface area contributed by atoms with Gasteiger partial charge in [-0.1, -0.05) is 19.1 Å². The number of anilines is 1. The average Bonchev–Trinajstić information content (AvgIpc) is 2.73. The fourth-order valence-corrected chi connectivity index (χ4v) is 3.94. The van der Waals surface area contributed by atoms with Gasteiger partial charge >= 0.3 is 0 Å². The SMILES string of the molecule is C=CCOc1cc(F)ccc1-c1cc(NC(=O)[C@H]2CCC[C@@H](NC(C)=O)C2)ncc1C. The smallest absolute Gasteiger partial charge is 0.228 e. The van der Waals surface area contributed by atoms with E-state index >= 15 is 0 Å². The third kappa shape index (κ3) is 5.90. The van der Waals surface area contributed by atoms with E-state index in [0.717, 1.165) is 30.4 Å². The fraction of sp³-hybridized carbons (Fsp3) is 0.375. The molecule has 1 heterocycles. The molecular formula is C24H28FN3O3. The van der Waals surface area contributed by atoms with Crippen LogP contribution < -0.4 is 15.4 Å². The topological polar surface area (TPSA) is 80.3 Å². The Morgan fingerprint density at radius 3 is 2.84 bits per heavy atom. The number of aromatic nitrogens is 1. The van der Waals surface area contributed by atoms with Crippen molar-refractivity contribution in [3.8, 4) is 16.9 Å². The van der Waals surface area contributed by atoms with Gasteiger partial charge in [0.2, 0.25) is 11.8 Å². The molecule has 2 N–H and O–H groups in total. The molecule has 6 nitrogen and oxygen atoms in total. The molecule has 0 spiro atoms. The summed E-state index contributed by atoms with van der Waals surface area (Å²) >= 11 is 0. The maximum absolute atomic E-state index is 13.8. The van der Waals surface area contributed by atoms with E-state index in [1.54, 1.807) is 24.4 Å². The number of carbonyl (C=O) groups excluding carboxylic acids is 2. The molecule has 0 saturated heterocycles. The summed E-state index contributed by atoms with van der Waals surface area (Å²) in [5.41, 5.74) is 2.38. The zero-order valence-electron chi connectivity index (χ0n) is 17.9. The maximum Gasteiger partial charge on any atom is 0.228 e. The van der Waals surface area contributed by atoms with Crippen LogP contribution in [0.4, 0.5) is 10.2 Å². The summed E-state index contributed by atoms with van der Waals surface area (Å²) in [5, 5.41) is 5.81. The van der Waals surface area contributed by atoms with E-state index in [-0.39, 0.29) is 30.4 Å². The molecule has 164 valence electrons. The van der Waals surface area contributed by atoms with Crippen LogP contribution >= 0.6 is 0 Å². The predicted molar refractivity (Wildman–Crippen MR) is 118 cm³/mol. The quantitative estimate of drug-likeness (QED) is 0.645. The van der Waals surface area contributed by atoms with Crippen molar-refractivity contribution in [2.75, 3.05) is 11.9 Å². The second kappa shape index (κ2) is 10.2. The molecule has 31 heavy (non-hydrogen) atoms. The highest BCUT2D eigenvalue weighted by atomic mass is 19.1. The molecule has 1 fully saturated rings. The minimum Gasteiger partial charge on any atom is -0.489 e. The van der Waals surface area contributed by atoms with Crippen LogP contribution in [-0.4, -0.2) is 29.4 Å². The zero-order valence-corrected chi connectivity index (χ0v) is 17.9.